The molecule has 0 aromatic carbocycles. The van der Waals surface area contributed by atoms with Crippen molar-refractivity contribution in [2.24, 2.45) is 0 Å². The largest absolute Gasteiger partial charge is 0.476 e. The molecule has 0 spiro atoms. The normalized spacial score (nSPS) is 24.1. The first kappa shape index (κ1) is 14.0. The molecule has 104 valence electrons. The summed E-state index contributed by atoms with van der Waals surface area (Å²) in [7, 11) is 2.07. The molecule has 1 amide bonds. The Hall–Kier alpha value is -1.47. The van der Waals surface area contributed by atoms with E-state index in [2.05, 4.69) is 29.2 Å². The summed E-state index contributed by atoms with van der Waals surface area (Å²) in [5, 5.41) is 13.1. The predicted octanol–water partition coefficient (Wildman–Crippen LogP) is 1.05. The number of carboxylic acids is 1. The summed E-state index contributed by atoms with van der Waals surface area (Å²) in [4.78, 5) is 28.7. The fourth-order valence-corrected chi connectivity index (χ4v) is 2.79. The number of carboxylic acid groups (broad SMARTS) is 1. The van der Waals surface area contributed by atoms with E-state index in [1.165, 1.54) is 5.38 Å². The molecule has 2 heterocycles. The molecule has 1 aromatic heterocycles. The second kappa shape index (κ2) is 5.66. The van der Waals surface area contributed by atoms with Gasteiger partial charge in [-0.15, -0.1) is 11.3 Å². The number of thiazole rings is 1. The third kappa shape index (κ3) is 3.30. The van der Waals surface area contributed by atoms with Gasteiger partial charge < -0.3 is 15.3 Å². The smallest absolute Gasteiger partial charge is 0.365 e. The monoisotopic (exact) mass is 283 g/mol. The van der Waals surface area contributed by atoms with Gasteiger partial charge in [0.2, 0.25) is 5.01 Å². The van der Waals surface area contributed by atoms with Crippen LogP contribution in [0.25, 0.3) is 0 Å². The van der Waals surface area contributed by atoms with E-state index in [9.17, 15) is 9.59 Å². The van der Waals surface area contributed by atoms with Gasteiger partial charge >= 0.3 is 5.97 Å². The van der Waals surface area contributed by atoms with Crippen molar-refractivity contribution in [1.29, 1.82) is 0 Å². The van der Waals surface area contributed by atoms with Crippen LogP contribution in [0.15, 0.2) is 5.38 Å². The van der Waals surface area contributed by atoms with Crippen LogP contribution in [0, 0.1) is 0 Å². The molecule has 6 nitrogen and oxygen atoms in total. The number of amides is 1. The molecule has 0 saturated carbocycles. The van der Waals surface area contributed by atoms with Crippen LogP contribution in [0.2, 0.25) is 0 Å². The lowest BCUT2D eigenvalue weighted by atomic mass is 9.99. The Kier molecular flexibility index (Phi) is 4.16. The van der Waals surface area contributed by atoms with E-state index in [4.69, 9.17) is 5.11 Å². The van der Waals surface area contributed by atoms with Crippen LogP contribution < -0.4 is 5.32 Å². The van der Waals surface area contributed by atoms with Gasteiger partial charge in [-0.05, 0) is 26.8 Å². The van der Waals surface area contributed by atoms with Gasteiger partial charge in [-0.2, -0.15) is 0 Å². The van der Waals surface area contributed by atoms with Crippen LogP contribution in [0.5, 0.6) is 0 Å². The van der Waals surface area contributed by atoms with Crippen LogP contribution in [-0.4, -0.2) is 52.5 Å². The lowest BCUT2D eigenvalue weighted by Gasteiger charge is -2.35. The summed E-state index contributed by atoms with van der Waals surface area (Å²) in [6, 6.07) is 0.567. The molecule has 2 rings (SSSR count). The molecule has 0 bridgehead atoms. The van der Waals surface area contributed by atoms with Crippen LogP contribution in [0.3, 0.4) is 0 Å². The lowest BCUT2D eigenvalue weighted by Crippen LogP contribution is -2.47. The highest BCUT2D eigenvalue weighted by molar-refractivity contribution is 7.11. The summed E-state index contributed by atoms with van der Waals surface area (Å²) in [6.45, 7) is 3.08. The van der Waals surface area contributed by atoms with Crippen molar-refractivity contribution >= 4 is 23.2 Å². The van der Waals surface area contributed by atoms with Gasteiger partial charge in [0.05, 0.1) is 0 Å². The standard InChI is InChI=1S/C12H17N3O3S/c1-7-5-8(3-4-15(7)2)13-10(16)9-6-19-11(14-9)12(17)18/h6-8H,3-5H2,1-2H3,(H,13,16)(H,17,18). The number of likely N-dealkylation sites (tertiary alicyclic amines) is 1. The summed E-state index contributed by atoms with van der Waals surface area (Å²) >= 11 is 0.969. The number of aromatic nitrogens is 1. The topological polar surface area (TPSA) is 82.5 Å². The molecular weight excluding hydrogens is 266 g/mol. The zero-order chi connectivity index (χ0) is 14.0. The zero-order valence-electron chi connectivity index (χ0n) is 10.9. The molecule has 1 aromatic rings. The lowest BCUT2D eigenvalue weighted by molar-refractivity contribution is 0.0696. The van der Waals surface area contributed by atoms with E-state index in [1.807, 2.05) is 0 Å². The second-order valence-corrected chi connectivity index (χ2v) is 5.73. The van der Waals surface area contributed by atoms with Crippen LogP contribution in [0.4, 0.5) is 0 Å². The summed E-state index contributed by atoms with van der Waals surface area (Å²) < 4.78 is 0. The molecule has 2 atom stereocenters. The maximum absolute atomic E-state index is 12.0. The number of hydrogen-bond donors (Lipinski definition) is 2. The van der Waals surface area contributed by atoms with Crippen molar-refractivity contribution in [3.8, 4) is 0 Å². The number of rotatable bonds is 3. The maximum atomic E-state index is 12.0. The number of hydrogen-bond acceptors (Lipinski definition) is 5. The molecule has 0 radical (unpaired) electrons. The summed E-state index contributed by atoms with van der Waals surface area (Å²) in [5.74, 6) is -1.39. The van der Waals surface area contributed by atoms with Crippen molar-refractivity contribution in [3.05, 3.63) is 16.1 Å². The van der Waals surface area contributed by atoms with Crippen molar-refractivity contribution in [1.82, 2.24) is 15.2 Å². The van der Waals surface area contributed by atoms with Crippen LogP contribution in [0.1, 0.15) is 40.1 Å². The van der Waals surface area contributed by atoms with Gasteiger partial charge in [0.25, 0.3) is 5.91 Å². The van der Waals surface area contributed by atoms with E-state index >= 15 is 0 Å². The summed E-state index contributed by atoms with van der Waals surface area (Å²) in [5.41, 5.74) is 0.189. The highest BCUT2D eigenvalue weighted by atomic mass is 32.1. The third-order valence-corrected chi connectivity index (χ3v) is 4.29. The highest BCUT2D eigenvalue weighted by Crippen LogP contribution is 2.16. The molecule has 1 aliphatic heterocycles. The van der Waals surface area contributed by atoms with Gasteiger partial charge in [-0.25, -0.2) is 9.78 Å². The van der Waals surface area contributed by atoms with Gasteiger partial charge in [0.15, 0.2) is 0 Å². The quantitative estimate of drug-likeness (QED) is 0.866. The van der Waals surface area contributed by atoms with Gasteiger partial charge in [0.1, 0.15) is 5.69 Å². The molecule has 7 heteroatoms. The number of piperidine rings is 1. The van der Waals surface area contributed by atoms with Gasteiger partial charge in [0, 0.05) is 24.0 Å². The van der Waals surface area contributed by atoms with Crippen LogP contribution in [-0.2, 0) is 0 Å². The van der Waals surface area contributed by atoms with E-state index in [0.717, 1.165) is 30.7 Å². The summed E-state index contributed by atoms with van der Waals surface area (Å²) in [6.07, 6.45) is 1.81. The van der Waals surface area contributed by atoms with Gasteiger partial charge in [-0.1, -0.05) is 0 Å². The average Bonchev–Trinajstić information content (AvgIpc) is 2.83. The average molecular weight is 283 g/mol. The number of carbonyl (C=O) groups is 2. The third-order valence-electron chi connectivity index (χ3n) is 3.46. The Morgan fingerprint density at radius 2 is 2.32 bits per heavy atom. The Bertz CT molecular complexity index is 488. The van der Waals surface area contributed by atoms with Crippen molar-refractivity contribution in [3.63, 3.8) is 0 Å². The Morgan fingerprint density at radius 3 is 2.89 bits per heavy atom. The Morgan fingerprint density at radius 1 is 1.58 bits per heavy atom. The minimum atomic E-state index is -1.10. The maximum Gasteiger partial charge on any atom is 0.365 e. The van der Waals surface area contributed by atoms with Crippen molar-refractivity contribution in [2.75, 3.05) is 13.6 Å². The first-order valence-corrected chi connectivity index (χ1v) is 7.05. The molecule has 1 fully saturated rings. The number of aromatic carboxylic acids is 1. The van der Waals surface area contributed by atoms with E-state index in [-0.39, 0.29) is 22.7 Å². The predicted molar refractivity (Wildman–Crippen MR) is 71.7 cm³/mol. The molecule has 1 saturated heterocycles. The molecule has 2 N–H and O–H groups in total. The number of nitrogens with zero attached hydrogens (tertiary/aromatic N) is 2. The SMILES string of the molecule is CC1CC(NC(=O)c2csc(C(=O)O)n2)CCN1C. The van der Waals surface area contributed by atoms with E-state index in [0.29, 0.717) is 6.04 Å². The van der Waals surface area contributed by atoms with Crippen molar-refractivity contribution < 1.29 is 14.7 Å². The molecule has 2 unspecified atom stereocenters. The van der Waals surface area contributed by atoms with E-state index < -0.39 is 5.97 Å². The molecule has 0 aliphatic carbocycles. The minimum absolute atomic E-state index is 0.0538. The Balaban J connectivity index is 1.95. The molecule has 19 heavy (non-hydrogen) atoms. The fourth-order valence-electron chi connectivity index (χ4n) is 2.16. The Labute approximate surface area is 115 Å². The first-order chi connectivity index (χ1) is 8.97. The molecular formula is C12H17N3O3S. The first-order valence-electron chi connectivity index (χ1n) is 6.17. The fraction of sp³-hybridized carbons (Fsp3) is 0.583. The number of carbonyl (C=O) groups excluding carboxylic acids is 1. The minimum Gasteiger partial charge on any atom is -0.476 e. The molecule has 1 aliphatic rings. The van der Waals surface area contributed by atoms with Crippen molar-refractivity contribution in [2.45, 2.75) is 31.8 Å². The second-order valence-electron chi connectivity index (χ2n) is 4.87. The number of nitrogens with one attached hydrogen (secondary N) is 1. The van der Waals surface area contributed by atoms with E-state index in [1.54, 1.807) is 0 Å². The highest BCUT2D eigenvalue weighted by Gasteiger charge is 2.25. The van der Waals surface area contributed by atoms with Crippen LogP contribution >= 0.6 is 11.3 Å². The van der Waals surface area contributed by atoms with Gasteiger partial charge in [-0.3, -0.25) is 4.79 Å². The zero-order valence-corrected chi connectivity index (χ0v) is 11.7.